The van der Waals surface area contributed by atoms with Gasteiger partial charge < -0.3 is 15.7 Å². The van der Waals surface area contributed by atoms with Crippen LogP contribution in [-0.4, -0.2) is 28.1 Å². The Morgan fingerprint density at radius 2 is 0.631 bits per heavy atom. The van der Waals surface area contributed by atoms with Crippen molar-refractivity contribution in [3.63, 3.8) is 0 Å². The topological polar surface area (TPSA) is 65.8 Å². The number of nitrogens with zero attached hydrogens (tertiary/aromatic N) is 2. The minimum Gasteiger partial charge on any atom is -0.493 e. The largest absolute Gasteiger partial charge is 0.493 e. The summed E-state index contributed by atoms with van der Waals surface area (Å²) in [5, 5.41) is 16.1. The van der Waals surface area contributed by atoms with Crippen LogP contribution in [0.3, 0.4) is 0 Å². The molecule has 1 aliphatic heterocycles. The van der Waals surface area contributed by atoms with Gasteiger partial charge in [0.05, 0.1) is 0 Å². The first kappa shape index (κ1) is 62.9. The molecule has 0 fully saturated rings. The smallest absolute Gasteiger partial charge is 0.210 e. The van der Waals surface area contributed by atoms with Crippen LogP contribution >= 0.6 is 0 Å². The quantitative estimate of drug-likeness (QED) is 0.0403. The van der Waals surface area contributed by atoms with Crippen molar-refractivity contribution in [1.82, 2.24) is 0 Å². The summed E-state index contributed by atoms with van der Waals surface area (Å²) in [6, 6.07) is 14.7. The van der Waals surface area contributed by atoms with Crippen molar-refractivity contribution in [3.05, 3.63) is 87.0 Å². The van der Waals surface area contributed by atoms with Gasteiger partial charge in [-0.2, -0.15) is 0 Å². The van der Waals surface area contributed by atoms with E-state index in [0.29, 0.717) is 13.2 Å². The third-order valence-electron chi connectivity index (χ3n) is 12.8. The first-order valence-electron chi connectivity index (χ1n) is 27.8. The van der Waals surface area contributed by atoms with Crippen LogP contribution in [0.4, 0.5) is 0 Å². The zero-order valence-corrected chi connectivity index (χ0v) is 44.8. The van der Waals surface area contributed by atoms with E-state index in [1.807, 2.05) is 0 Å². The summed E-state index contributed by atoms with van der Waals surface area (Å²) < 4.78 is 1.61. The zero-order chi connectivity index (χ0) is 46.9. The summed E-state index contributed by atoms with van der Waals surface area (Å²) in [6.45, 7) is 16.3. The Bertz CT molecular complexity index is 1490. The molecule has 0 saturated heterocycles. The molecule has 5 heteroatoms. The number of benzene rings is 2. The third-order valence-corrected chi connectivity index (χ3v) is 12.8. The van der Waals surface area contributed by atoms with Gasteiger partial charge in [-0.05, 0) is 124 Å². The molecule has 1 aliphatic rings. The number of aryl methyl sites for hydroxylation is 4. The standard InChI is InChI=1S/C52H84N2.2C4H10O.Ni/c1-6-11-16-21-24-29-34-45-37-44(32-27-19-14-9-4)39-49(40-45)51-43-48(36-31-26-23-18-13-8-3)52(54(51)53)50-41-46(33-28-20-15-10-5)38-47(42-50)35-30-25-22-17-12-7-2;2*1-2-3-4-5;/h37-43H,6-36H2,1-5H3;2*5H,2-4H2,1H3;. The summed E-state index contributed by atoms with van der Waals surface area (Å²) in [4.78, 5) is 0. The molecule has 0 aromatic heterocycles. The average molecular weight is 944 g/mol. The van der Waals surface area contributed by atoms with E-state index in [4.69, 9.17) is 10.2 Å². The van der Waals surface area contributed by atoms with Crippen LogP contribution in [0.5, 0.6) is 0 Å². The molecule has 376 valence electrons. The average Bonchev–Trinajstić information content (AvgIpc) is 3.63. The van der Waals surface area contributed by atoms with E-state index in [1.165, 1.54) is 206 Å². The molecule has 0 bridgehead atoms. The van der Waals surface area contributed by atoms with E-state index in [9.17, 15) is 5.53 Å². The van der Waals surface area contributed by atoms with Crippen LogP contribution in [0.1, 0.15) is 281 Å². The first-order chi connectivity index (χ1) is 31.4. The minimum atomic E-state index is 0. The number of aliphatic hydroxyl groups excluding tert-OH is 2. The SMILES string of the molecule is CCCCCCCCC1=C(c2cc(CCCCCC)cc(CCCCCCCC)c2)[N+](=[N-])C(c2cc(CCCCCC)cc(CCCCCCCC)c2)=C1.CCCCO.CCCCO.[Ni]. The van der Waals surface area contributed by atoms with E-state index in [0.717, 1.165) is 69.2 Å². The normalized spacial score (nSPS) is 12.1. The van der Waals surface area contributed by atoms with Crippen LogP contribution in [-0.2, 0) is 42.2 Å². The van der Waals surface area contributed by atoms with Crippen LogP contribution in [0.15, 0.2) is 48.0 Å². The van der Waals surface area contributed by atoms with E-state index >= 15 is 0 Å². The molecule has 1 heterocycles. The van der Waals surface area contributed by atoms with Crippen LogP contribution in [0.2, 0.25) is 0 Å². The Morgan fingerprint density at radius 3 is 0.938 bits per heavy atom. The van der Waals surface area contributed by atoms with Gasteiger partial charge in [-0.3, -0.25) is 0 Å². The number of hydrogen-bond acceptors (Lipinski definition) is 2. The Morgan fingerprint density at radius 1 is 0.354 bits per heavy atom. The van der Waals surface area contributed by atoms with Gasteiger partial charge in [-0.1, -0.05) is 208 Å². The maximum Gasteiger partial charge on any atom is 0.210 e. The summed E-state index contributed by atoms with van der Waals surface area (Å²) >= 11 is 0. The Labute approximate surface area is 414 Å². The Hall–Kier alpha value is -2.07. The predicted octanol–water partition coefficient (Wildman–Crippen LogP) is 18.8. The molecule has 3 rings (SSSR count). The maximum atomic E-state index is 12.4. The second kappa shape index (κ2) is 44.4. The molecule has 0 saturated carbocycles. The van der Waals surface area contributed by atoms with E-state index in [2.05, 4.69) is 90.9 Å². The fourth-order valence-electron chi connectivity index (χ4n) is 8.78. The Balaban J connectivity index is 0.00000334. The molecule has 2 N–H and O–H groups in total. The molecule has 0 spiro atoms. The van der Waals surface area contributed by atoms with E-state index in [1.54, 1.807) is 4.70 Å². The molecule has 2 aromatic carbocycles. The molecule has 65 heavy (non-hydrogen) atoms. The molecular weight excluding hydrogens is 839 g/mol. The molecule has 0 amide bonds. The fraction of sp³-hybridized carbons (Fsp3) is 0.733. The molecule has 0 atom stereocenters. The molecule has 0 aliphatic carbocycles. The molecule has 0 radical (unpaired) electrons. The van der Waals surface area contributed by atoms with Crippen molar-refractivity contribution in [2.75, 3.05) is 13.2 Å². The van der Waals surface area contributed by atoms with Crippen molar-refractivity contribution in [2.24, 2.45) is 0 Å². The fourth-order valence-corrected chi connectivity index (χ4v) is 8.78. The number of allylic oxidation sites excluding steroid dienone is 2. The molecule has 0 unspecified atom stereocenters. The van der Waals surface area contributed by atoms with Gasteiger partial charge >= 0.3 is 0 Å². The number of hydrogen-bond donors (Lipinski definition) is 2. The summed E-state index contributed by atoms with van der Waals surface area (Å²) in [7, 11) is 0. The van der Waals surface area contributed by atoms with Gasteiger partial charge in [-0.25, -0.2) is 4.70 Å². The van der Waals surface area contributed by atoms with Gasteiger partial charge in [0.2, 0.25) is 11.4 Å². The Kier molecular flexibility index (Phi) is 43.0. The van der Waals surface area contributed by atoms with Crippen molar-refractivity contribution in [3.8, 4) is 0 Å². The molecule has 2 aromatic rings. The summed E-state index contributed by atoms with van der Waals surface area (Å²) in [5.41, 5.74) is 23.9. The van der Waals surface area contributed by atoms with Crippen molar-refractivity contribution in [1.29, 1.82) is 0 Å². The van der Waals surface area contributed by atoms with Crippen LogP contribution in [0.25, 0.3) is 16.9 Å². The van der Waals surface area contributed by atoms with Crippen molar-refractivity contribution < 1.29 is 31.4 Å². The number of rotatable bonds is 37. The second-order valence-corrected chi connectivity index (χ2v) is 19.1. The number of aliphatic hydroxyl groups is 2. The maximum absolute atomic E-state index is 12.4. The molecular formula is C60H104N2NiO2. The summed E-state index contributed by atoms with van der Waals surface area (Å²) in [5.74, 6) is 0. The van der Waals surface area contributed by atoms with Crippen molar-refractivity contribution >= 4 is 11.4 Å². The monoisotopic (exact) mass is 943 g/mol. The predicted molar refractivity (Wildman–Crippen MR) is 283 cm³/mol. The minimum absolute atomic E-state index is 0. The van der Waals surface area contributed by atoms with E-state index in [-0.39, 0.29) is 16.5 Å². The van der Waals surface area contributed by atoms with Gasteiger partial charge in [-0.15, -0.1) is 0 Å². The van der Waals surface area contributed by atoms with Gasteiger partial charge in [0.1, 0.15) is 0 Å². The van der Waals surface area contributed by atoms with Crippen LogP contribution < -0.4 is 0 Å². The zero-order valence-electron chi connectivity index (χ0n) is 43.8. The van der Waals surface area contributed by atoms with Gasteiger partial charge in [0, 0.05) is 52.5 Å². The summed E-state index contributed by atoms with van der Waals surface area (Å²) in [6.07, 6.45) is 45.9. The second-order valence-electron chi connectivity index (χ2n) is 19.1. The van der Waals surface area contributed by atoms with Crippen LogP contribution in [0, 0.1) is 0 Å². The number of unbranched alkanes of at least 4 members (excludes halogenated alkanes) is 23. The van der Waals surface area contributed by atoms with Crippen molar-refractivity contribution in [2.45, 2.75) is 273 Å². The van der Waals surface area contributed by atoms with Gasteiger partial charge in [0.25, 0.3) is 0 Å². The van der Waals surface area contributed by atoms with Gasteiger partial charge in [0.15, 0.2) is 0 Å². The third kappa shape index (κ3) is 30.1. The van der Waals surface area contributed by atoms with E-state index < -0.39 is 0 Å². The first-order valence-corrected chi connectivity index (χ1v) is 27.8. The molecule has 4 nitrogen and oxygen atoms in total.